The minimum absolute atomic E-state index is 0.239. The molecule has 38 heavy (non-hydrogen) atoms. The number of aliphatic hydroxyl groups is 1. The molecule has 1 amide bonds. The molecule has 0 aromatic rings. The molecule has 0 aromatic heterocycles. The highest BCUT2D eigenvalue weighted by Gasteiger charge is 2.50. The fraction of sp³-hybridized carbons (Fsp3) is 0.857. The highest BCUT2D eigenvalue weighted by Crippen LogP contribution is 2.26. The van der Waals surface area contributed by atoms with Crippen LogP contribution in [0.1, 0.15) is 118 Å². The number of hydrogen-bond donors (Lipinski definition) is 2. The summed E-state index contributed by atoms with van der Waals surface area (Å²) >= 11 is 0. The molecule has 0 bridgehead atoms. The molecule has 10 heteroatoms. The smallest absolute Gasteiger partial charge is 0.303 e. The van der Waals surface area contributed by atoms with Crippen molar-refractivity contribution >= 4 is 23.8 Å². The fourth-order valence-corrected chi connectivity index (χ4v) is 4.63. The Morgan fingerprint density at radius 1 is 0.711 bits per heavy atom. The van der Waals surface area contributed by atoms with E-state index >= 15 is 0 Å². The number of nitrogens with one attached hydrogen (secondary N) is 1. The molecule has 1 heterocycles. The highest BCUT2D eigenvalue weighted by molar-refractivity contribution is 5.76. The third-order valence-electron chi connectivity index (χ3n) is 6.56. The van der Waals surface area contributed by atoms with Crippen molar-refractivity contribution in [1.29, 1.82) is 0 Å². The summed E-state index contributed by atoms with van der Waals surface area (Å²) in [6, 6.07) is -1.16. The molecule has 0 aromatic carbocycles. The molecule has 1 rings (SSSR count). The number of rotatable bonds is 19. The molecule has 2 N–H and O–H groups in total. The number of esters is 3. The van der Waals surface area contributed by atoms with Crippen LogP contribution in [0.3, 0.4) is 0 Å². The first-order chi connectivity index (χ1) is 18.1. The third kappa shape index (κ3) is 14.7. The van der Waals surface area contributed by atoms with Crippen molar-refractivity contribution < 1.29 is 43.2 Å². The minimum atomic E-state index is -1.57. The number of aliphatic hydroxyl groups excluding tert-OH is 1. The summed E-state index contributed by atoms with van der Waals surface area (Å²) in [5, 5.41) is 13.2. The summed E-state index contributed by atoms with van der Waals surface area (Å²) in [7, 11) is 0. The predicted octanol–water partition coefficient (Wildman–Crippen LogP) is 4.10. The van der Waals surface area contributed by atoms with Gasteiger partial charge in [-0.2, -0.15) is 0 Å². The molecule has 0 unspecified atom stereocenters. The SMILES string of the molecule is CCCCCCCCCCCCCCCC(=O)N[C@@H]1[C@@H](OC(C)=O)[C@H](OC(C)=O)[C@@H](COC(C)=O)O[C@H]1O. The second-order valence-electron chi connectivity index (χ2n) is 10.1. The van der Waals surface area contributed by atoms with Crippen molar-refractivity contribution in [1.82, 2.24) is 5.32 Å². The Morgan fingerprint density at radius 2 is 1.18 bits per heavy atom. The van der Waals surface area contributed by atoms with E-state index in [0.717, 1.165) is 19.3 Å². The molecule has 0 radical (unpaired) electrons. The van der Waals surface area contributed by atoms with Crippen molar-refractivity contribution in [2.45, 2.75) is 148 Å². The Labute approximate surface area is 227 Å². The average Bonchev–Trinajstić information content (AvgIpc) is 2.84. The van der Waals surface area contributed by atoms with Crippen LogP contribution >= 0.6 is 0 Å². The number of amides is 1. The number of ether oxygens (including phenoxy) is 4. The van der Waals surface area contributed by atoms with E-state index < -0.39 is 48.6 Å². The van der Waals surface area contributed by atoms with Crippen molar-refractivity contribution in [2.24, 2.45) is 0 Å². The molecule has 1 saturated heterocycles. The van der Waals surface area contributed by atoms with Crippen LogP contribution < -0.4 is 5.32 Å². The lowest BCUT2D eigenvalue weighted by atomic mass is 9.96. The standard InChI is InChI=1S/C28H49NO9/c1-5-6-7-8-9-10-11-12-13-14-15-16-17-18-24(33)29-25-27(37-22(4)32)26(36-21(3)31)23(38-28(25)34)19-35-20(2)30/h23,25-28,34H,5-19H2,1-4H3,(H,29,33)/t23-,25-,26-,27-,28-/m1/s1. The molecule has 1 aliphatic rings. The molecule has 0 spiro atoms. The monoisotopic (exact) mass is 543 g/mol. The molecule has 220 valence electrons. The molecule has 10 nitrogen and oxygen atoms in total. The maximum absolute atomic E-state index is 12.6. The van der Waals surface area contributed by atoms with Crippen LogP contribution in [-0.2, 0) is 38.1 Å². The van der Waals surface area contributed by atoms with Gasteiger partial charge in [0.1, 0.15) is 18.8 Å². The Hall–Kier alpha value is -2.20. The van der Waals surface area contributed by atoms with E-state index in [1.54, 1.807) is 0 Å². The summed E-state index contributed by atoms with van der Waals surface area (Å²) in [6.07, 6.45) is 10.7. The Kier molecular flexibility index (Phi) is 17.6. The quantitative estimate of drug-likeness (QED) is 0.140. The Balaban J connectivity index is 2.46. The Morgan fingerprint density at radius 3 is 1.66 bits per heavy atom. The van der Waals surface area contributed by atoms with Gasteiger partial charge in [0.2, 0.25) is 5.91 Å². The molecular weight excluding hydrogens is 494 g/mol. The van der Waals surface area contributed by atoms with Gasteiger partial charge in [0.25, 0.3) is 0 Å². The summed E-state index contributed by atoms with van der Waals surface area (Å²) in [4.78, 5) is 47.4. The van der Waals surface area contributed by atoms with E-state index in [1.807, 2.05) is 0 Å². The molecule has 5 atom stereocenters. The van der Waals surface area contributed by atoms with Gasteiger partial charge in [-0.05, 0) is 6.42 Å². The van der Waals surface area contributed by atoms with Gasteiger partial charge in [0, 0.05) is 27.2 Å². The zero-order valence-corrected chi connectivity index (χ0v) is 23.7. The topological polar surface area (TPSA) is 137 Å². The summed E-state index contributed by atoms with van der Waals surface area (Å²) < 4.78 is 21.1. The van der Waals surface area contributed by atoms with Gasteiger partial charge in [-0.3, -0.25) is 19.2 Å². The second-order valence-corrected chi connectivity index (χ2v) is 10.1. The van der Waals surface area contributed by atoms with Crippen LogP contribution in [0.25, 0.3) is 0 Å². The van der Waals surface area contributed by atoms with Crippen LogP contribution in [0.15, 0.2) is 0 Å². The normalized spacial score (nSPS) is 22.9. The maximum Gasteiger partial charge on any atom is 0.303 e. The van der Waals surface area contributed by atoms with Crippen molar-refractivity contribution in [3.05, 3.63) is 0 Å². The van der Waals surface area contributed by atoms with Gasteiger partial charge >= 0.3 is 17.9 Å². The Bertz CT molecular complexity index is 714. The second kappa shape index (κ2) is 19.8. The fourth-order valence-electron chi connectivity index (χ4n) is 4.63. The van der Waals surface area contributed by atoms with E-state index in [0.29, 0.717) is 6.42 Å². The van der Waals surface area contributed by atoms with Crippen molar-refractivity contribution in [2.75, 3.05) is 6.61 Å². The van der Waals surface area contributed by atoms with Crippen LogP contribution in [0.2, 0.25) is 0 Å². The van der Waals surface area contributed by atoms with Crippen molar-refractivity contribution in [3.63, 3.8) is 0 Å². The number of carbonyl (C=O) groups is 4. The minimum Gasteiger partial charge on any atom is -0.463 e. The number of hydrogen-bond acceptors (Lipinski definition) is 9. The van der Waals surface area contributed by atoms with Crippen LogP contribution in [0, 0.1) is 0 Å². The van der Waals surface area contributed by atoms with E-state index in [1.165, 1.54) is 78.6 Å². The van der Waals surface area contributed by atoms with E-state index in [9.17, 15) is 24.3 Å². The lowest BCUT2D eigenvalue weighted by molar-refractivity contribution is -0.264. The molecular formula is C28H49NO9. The number of unbranched alkanes of at least 4 members (excludes halogenated alkanes) is 12. The lowest BCUT2D eigenvalue weighted by Crippen LogP contribution is -2.66. The molecule has 0 saturated carbocycles. The van der Waals surface area contributed by atoms with Gasteiger partial charge < -0.3 is 29.4 Å². The van der Waals surface area contributed by atoms with Crippen LogP contribution in [0.4, 0.5) is 0 Å². The maximum atomic E-state index is 12.6. The summed E-state index contributed by atoms with van der Waals surface area (Å²) in [6.45, 7) is 5.43. The van der Waals surface area contributed by atoms with Crippen molar-refractivity contribution in [3.8, 4) is 0 Å². The summed E-state index contributed by atoms with van der Waals surface area (Å²) in [5.74, 6) is -2.31. The predicted molar refractivity (Wildman–Crippen MR) is 141 cm³/mol. The van der Waals surface area contributed by atoms with E-state index in [4.69, 9.17) is 18.9 Å². The largest absolute Gasteiger partial charge is 0.463 e. The molecule has 0 aliphatic carbocycles. The van der Waals surface area contributed by atoms with Crippen LogP contribution in [0.5, 0.6) is 0 Å². The summed E-state index contributed by atoms with van der Waals surface area (Å²) in [5.41, 5.74) is 0. The average molecular weight is 544 g/mol. The zero-order valence-electron chi connectivity index (χ0n) is 23.7. The number of carbonyl (C=O) groups excluding carboxylic acids is 4. The first-order valence-electron chi connectivity index (χ1n) is 14.3. The molecule has 1 fully saturated rings. The molecule has 1 aliphatic heterocycles. The van der Waals surface area contributed by atoms with Crippen LogP contribution in [-0.4, -0.2) is 66.2 Å². The lowest BCUT2D eigenvalue weighted by Gasteiger charge is -2.43. The van der Waals surface area contributed by atoms with Gasteiger partial charge in [0.05, 0.1) is 0 Å². The van der Waals surface area contributed by atoms with Gasteiger partial charge in [-0.15, -0.1) is 0 Å². The van der Waals surface area contributed by atoms with E-state index in [2.05, 4.69) is 12.2 Å². The van der Waals surface area contributed by atoms with Gasteiger partial charge in [-0.25, -0.2) is 0 Å². The van der Waals surface area contributed by atoms with Gasteiger partial charge in [-0.1, -0.05) is 84.0 Å². The van der Waals surface area contributed by atoms with Gasteiger partial charge in [0.15, 0.2) is 18.5 Å². The highest BCUT2D eigenvalue weighted by atomic mass is 16.7. The third-order valence-corrected chi connectivity index (χ3v) is 6.56. The van der Waals surface area contributed by atoms with E-state index in [-0.39, 0.29) is 18.9 Å². The first-order valence-corrected chi connectivity index (χ1v) is 14.3. The zero-order chi connectivity index (χ0) is 28.3. The first kappa shape index (κ1) is 33.8.